The lowest BCUT2D eigenvalue weighted by Crippen LogP contribution is -2.10. The largest absolute Gasteiger partial charge is 0.458 e. The van der Waals surface area contributed by atoms with Gasteiger partial charge in [0.15, 0.2) is 0 Å². The zero-order chi connectivity index (χ0) is 20.1. The van der Waals surface area contributed by atoms with E-state index in [0.717, 1.165) is 21.3 Å². The average Bonchev–Trinajstić information content (AvgIpc) is 2.98. The number of hydrogen-bond donors (Lipinski definition) is 0. The van der Waals surface area contributed by atoms with Crippen molar-refractivity contribution in [3.63, 3.8) is 0 Å². The summed E-state index contributed by atoms with van der Waals surface area (Å²) in [7, 11) is 0. The quantitative estimate of drug-likeness (QED) is 0.534. The van der Waals surface area contributed by atoms with Crippen LogP contribution in [0.15, 0.2) is 58.6 Å². The second kappa shape index (κ2) is 9.01. The molecule has 0 aliphatic rings. The Morgan fingerprint density at radius 1 is 1.25 bits per heavy atom. The first-order valence-corrected chi connectivity index (χ1v) is 9.81. The number of carbonyl (C=O) groups is 1. The lowest BCUT2D eigenvalue weighted by Gasteiger charge is -2.13. The van der Waals surface area contributed by atoms with Crippen LogP contribution in [-0.2, 0) is 22.7 Å². The van der Waals surface area contributed by atoms with Crippen LogP contribution in [0.1, 0.15) is 43.9 Å². The summed E-state index contributed by atoms with van der Waals surface area (Å²) in [5, 5.41) is 0.897. The van der Waals surface area contributed by atoms with Gasteiger partial charge in [-0.2, -0.15) is 0 Å². The van der Waals surface area contributed by atoms with E-state index in [9.17, 15) is 9.18 Å². The summed E-state index contributed by atoms with van der Waals surface area (Å²) in [6.07, 6.45) is 1.74. The van der Waals surface area contributed by atoms with Crippen LogP contribution >= 0.6 is 11.8 Å². The minimum Gasteiger partial charge on any atom is -0.458 e. The summed E-state index contributed by atoms with van der Waals surface area (Å²) < 4.78 is 20.9. The Kier molecular flexibility index (Phi) is 6.46. The van der Waals surface area contributed by atoms with Gasteiger partial charge in [-0.25, -0.2) is 9.37 Å². The third-order valence-corrected chi connectivity index (χ3v) is 5.15. The van der Waals surface area contributed by atoms with Crippen molar-refractivity contribution >= 4 is 17.7 Å². The molecule has 5 nitrogen and oxygen atoms in total. The van der Waals surface area contributed by atoms with Gasteiger partial charge in [0.05, 0.1) is 17.9 Å². The van der Waals surface area contributed by atoms with Crippen molar-refractivity contribution in [2.75, 3.05) is 0 Å². The minimum atomic E-state index is -0.363. The van der Waals surface area contributed by atoms with E-state index in [1.54, 1.807) is 12.3 Å². The van der Waals surface area contributed by atoms with Gasteiger partial charge in [-0.05, 0) is 36.2 Å². The van der Waals surface area contributed by atoms with Crippen LogP contribution < -0.4 is 0 Å². The number of hydrogen-bond acceptors (Lipinski definition) is 5. The van der Waals surface area contributed by atoms with Gasteiger partial charge in [0.2, 0.25) is 0 Å². The normalized spacial score (nSPS) is 11.0. The van der Waals surface area contributed by atoms with Crippen molar-refractivity contribution in [3.05, 3.63) is 71.7 Å². The molecule has 146 valence electrons. The van der Waals surface area contributed by atoms with Crippen LogP contribution in [0.2, 0.25) is 0 Å². The van der Waals surface area contributed by atoms with Gasteiger partial charge in [-0.3, -0.25) is 9.78 Å². The summed E-state index contributed by atoms with van der Waals surface area (Å²) in [5.74, 6) is 0.144. The number of imidazole rings is 1. The van der Waals surface area contributed by atoms with E-state index in [1.165, 1.54) is 30.8 Å². The predicted molar refractivity (Wildman–Crippen MR) is 106 cm³/mol. The number of ether oxygens (including phenoxy) is 1. The molecule has 28 heavy (non-hydrogen) atoms. The summed E-state index contributed by atoms with van der Waals surface area (Å²) in [5.41, 5.74) is 1.74. The first kappa shape index (κ1) is 20.1. The molecule has 2 heterocycles. The van der Waals surface area contributed by atoms with Crippen LogP contribution in [0, 0.1) is 5.82 Å². The van der Waals surface area contributed by atoms with E-state index in [0.29, 0.717) is 12.4 Å². The van der Waals surface area contributed by atoms with Gasteiger partial charge < -0.3 is 9.30 Å². The van der Waals surface area contributed by atoms with Crippen molar-refractivity contribution < 1.29 is 13.9 Å². The molecule has 0 N–H and O–H groups in total. The van der Waals surface area contributed by atoms with E-state index >= 15 is 0 Å². The molecular weight excluding hydrogens is 377 g/mol. The molecule has 0 aliphatic heterocycles. The van der Waals surface area contributed by atoms with Gasteiger partial charge in [-0.15, -0.1) is 0 Å². The molecule has 7 heteroatoms. The highest BCUT2D eigenvalue weighted by molar-refractivity contribution is 7.99. The van der Waals surface area contributed by atoms with Crippen molar-refractivity contribution in [1.82, 2.24) is 14.5 Å². The summed E-state index contributed by atoms with van der Waals surface area (Å²) in [6, 6.07) is 12.2. The second-order valence-corrected chi connectivity index (χ2v) is 7.68. The van der Waals surface area contributed by atoms with Crippen LogP contribution in [0.4, 0.5) is 4.39 Å². The molecule has 0 bridgehead atoms. The third-order valence-electron chi connectivity index (χ3n) is 4.03. The molecule has 0 radical (unpaired) electrons. The SMILES string of the molecule is CC(=O)OCc1nc(C(C)C)c(Sc2cccc(F)c2)n1Cc1ccccn1. The van der Waals surface area contributed by atoms with Gasteiger partial charge in [0.1, 0.15) is 23.3 Å². The second-order valence-electron chi connectivity index (χ2n) is 6.62. The maximum atomic E-state index is 13.7. The van der Waals surface area contributed by atoms with E-state index in [4.69, 9.17) is 9.72 Å². The molecule has 0 aliphatic carbocycles. The fraction of sp³-hybridized carbons (Fsp3) is 0.286. The molecule has 0 saturated carbocycles. The molecule has 3 aromatic rings. The van der Waals surface area contributed by atoms with Crippen LogP contribution in [0.3, 0.4) is 0 Å². The summed E-state index contributed by atoms with van der Waals surface area (Å²) >= 11 is 1.45. The van der Waals surface area contributed by atoms with Crippen LogP contribution in [0.5, 0.6) is 0 Å². The Morgan fingerprint density at radius 3 is 2.71 bits per heavy atom. The number of nitrogens with zero attached hydrogens (tertiary/aromatic N) is 3. The average molecular weight is 399 g/mol. The molecule has 0 fully saturated rings. The van der Waals surface area contributed by atoms with Crippen molar-refractivity contribution in [2.24, 2.45) is 0 Å². The molecular formula is C21H22FN3O2S. The number of esters is 1. The van der Waals surface area contributed by atoms with Crippen LogP contribution in [-0.4, -0.2) is 20.5 Å². The van der Waals surface area contributed by atoms with Crippen molar-refractivity contribution in [3.8, 4) is 0 Å². The Morgan fingerprint density at radius 2 is 2.07 bits per heavy atom. The molecule has 0 amide bonds. The van der Waals surface area contributed by atoms with E-state index < -0.39 is 0 Å². The maximum Gasteiger partial charge on any atom is 0.303 e. The van der Waals surface area contributed by atoms with Gasteiger partial charge in [-0.1, -0.05) is 37.7 Å². The Labute approximate surface area is 168 Å². The van der Waals surface area contributed by atoms with Crippen molar-refractivity contribution in [2.45, 2.75) is 49.8 Å². The lowest BCUT2D eigenvalue weighted by atomic mass is 10.1. The number of aromatic nitrogens is 3. The van der Waals surface area contributed by atoms with Crippen molar-refractivity contribution in [1.29, 1.82) is 0 Å². The van der Waals surface area contributed by atoms with Gasteiger partial charge >= 0.3 is 5.97 Å². The Balaban J connectivity index is 2.06. The topological polar surface area (TPSA) is 57.0 Å². The fourth-order valence-electron chi connectivity index (χ4n) is 2.72. The standard InChI is InChI=1S/C21H22FN3O2S/c1-14(2)20-21(28-18-9-6-7-16(22)11-18)25(12-17-8-4-5-10-23-17)19(24-20)13-27-15(3)26/h4-11,14H,12-13H2,1-3H3. The van der Waals surface area contributed by atoms with Crippen LogP contribution in [0.25, 0.3) is 0 Å². The molecule has 0 unspecified atom stereocenters. The number of halogens is 1. The minimum absolute atomic E-state index is 0.0750. The molecule has 2 aromatic heterocycles. The molecule has 1 aromatic carbocycles. The van der Waals surface area contributed by atoms with Gasteiger partial charge in [0, 0.05) is 18.0 Å². The number of rotatable bonds is 7. The fourth-order valence-corrected chi connectivity index (χ4v) is 3.93. The molecule has 3 rings (SSSR count). The Bertz CT molecular complexity index is 958. The zero-order valence-corrected chi connectivity index (χ0v) is 16.9. The molecule has 0 saturated heterocycles. The summed E-state index contributed by atoms with van der Waals surface area (Å²) in [4.78, 5) is 21.2. The Hall–Kier alpha value is -2.67. The molecule has 0 spiro atoms. The highest BCUT2D eigenvalue weighted by Crippen LogP contribution is 2.35. The smallest absolute Gasteiger partial charge is 0.303 e. The lowest BCUT2D eigenvalue weighted by molar-refractivity contribution is -0.142. The number of carbonyl (C=O) groups excluding carboxylic acids is 1. The van der Waals surface area contributed by atoms with Gasteiger partial charge in [0.25, 0.3) is 0 Å². The number of pyridine rings is 1. The van der Waals surface area contributed by atoms with E-state index in [1.807, 2.05) is 28.8 Å². The number of benzene rings is 1. The predicted octanol–water partition coefficient (Wildman–Crippen LogP) is 4.80. The van der Waals surface area contributed by atoms with E-state index in [2.05, 4.69) is 18.8 Å². The zero-order valence-electron chi connectivity index (χ0n) is 16.1. The molecule has 0 atom stereocenters. The van der Waals surface area contributed by atoms with E-state index in [-0.39, 0.29) is 24.3 Å². The monoisotopic (exact) mass is 399 g/mol. The maximum absolute atomic E-state index is 13.7. The highest BCUT2D eigenvalue weighted by Gasteiger charge is 2.21. The summed E-state index contributed by atoms with van der Waals surface area (Å²) in [6.45, 7) is 6.04. The first-order chi connectivity index (χ1) is 13.4. The highest BCUT2D eigenvalue weighted by atomic mass is 32.2. The first-order valence-electron chi connectivity index (χ1n) is 9.00. The third kappa shape index (κ3) is 4.98.